The Bertz CT molecular complexity index is 604. The monoisotopic (exact) mass is 297 g/mol. The molecular formula is C20H27NO. The van der Waals surface area contributed by atoms with Gasteiger partial charge in [-0.3, -0.25) is 0 Å². The molecule has 22 heavy (non-hydrogen) atoms. The van der Waals surface area contributed by atoms with Gasteiger partial charge in [-0.05, 0) is 61.1 Å². The van der Waals surface area contributed by atoms with Crippen LogP contribution in [-0.4, -0.2) is 6.61 Å². The van der Waals surface area contributed by atoms with Gasteiger partial charge in [0.05, 0.1) is 6.61 Å². The number of hydrogen-bond donors (Lipinski definition) is 1. The van der Waals surface area contributed by atoms with Gasteiger partial charge < -0.3 is 10.1 Å². The van der Waals surface area contributed by atoms with Gasteiger partial charge >= 0.3 is 0 Å². The Morgan fingerprint density at radius 1 is 1.05 bits per heavy atom. The van der Waals surface area contributed by atoms with Gasteiger partial charge in [0.1, 0.15) is 5.75 Å². The summed E-state index contributed by atoms with van der Waals surface area (Å²) >= 11 is 0. The van der Waals surface area contributed by atoms with Crippen LogP contribution in [0.2, 0.25) is 0 Å². The van der Waals surface area contributed by atoms with E-state index >= 15 is 0 Å². The van der Waals surface area contributed by atoms with Crippen LogP contribution in [0.4, 0.5) is 5.69 Å². The second kappa shape index (κ2) is 7.88. The Balaban J connectivity index is 1.94. The highest BCUT2D eigenvalue weighted by Crippen LogP contribution is 2.19. The Labute approximate surface area is 134 Å². The van der Waals surface area contributed by atoms with Gasteiger partial charge in [0, 0.05) is 12.2 Å². The van der Waals surface area contributed by atoms with Crippen LogP contribution in [0.1, 0.15) is 37.0 Å². The summed E-state index contributed by atoms with van der Waals surface area (Å²) in [6, 6.07) is 14.8. The van der Waals surface area contributed by atoms with E-state index < -0.39 is 0 Å². The summed E-state index contributed by atoms with van der Waals surface area (Å²) in [4.78, 5) is 0. The van der Waals surface area contributed by atoms with Crippen molar-refractivity contribution in [3.8, 4) is 5.75 Å². The average molecular weight is 297 g/mol. The topological polar surface area (TPSA) is 21.3 Å². The van der Waals surface area contributed by atoms with E-state index in [4.69, 9.17) is 4.74 Å². The maximum absolute atomic E-state index is 5.82. The van der Waals surface area contributed by atoms with Gasteiger partial charge in [-0.2, -0.15) is 0 Å². The largest absolute Gasteiger partial charge is 0.494 e. The summed E-state index contributed by atoms with van der Waals surface area (Å²) in [7, 11) is 0. The third-order valence-corrected chi connectivity index (χ3v) is 3.74. The first-order valence-corrected chi connectivity index (χ1v) is 8.07. The minimum absolute atomic E-state index is 0.675. The molecule has 0 aliphatic rings. The van der Waals surface area contributed by atoms with Crippen molar-refractivity contribution >= 4 is 5.69 Å². The van der Waals surface area contributed by atoms with Crippen molar-refractivity contribution in [1.29, 1.82) is 0 Å². The first-order valence-electron chi connectivity index (χ1n) is 8.07. The highest BCUT2D eigenvalue weighted by Gasteiger charge is 2.01. The van der Waals surface area contributed by atoms with Crippen LogP contribution in [0, 0.1) is 19.8 Å². The maximum Gasteiger partial charge on any atom is 0.119 e. The van der Waals surface area contributed by atoms with E-state index in [1.54, 1.807) is 0 Å². The van der Waals surface area contributed by atoms with Crippen molar-refractivity contribution < 1.29 is 4.74 Å². The molecular weight excluding hydrogens is 270 g/mol. The summed E-state index contributed by atoms with van der Waals surface area (Å²) < 4.78 is 5.82. The highest BCUT2D eigenvalue weighted by atomic mass is 16.5. The number of nitrogens with one attached hydrogen (secondary N) is 1. The van der Waals surface area contributed by atoms with Crippen LogP contribution in [-0.2, 0) is 6.54 Å². The zero-order chi connectivity index (χ0) is 15.9. The molecule has 0 bridgehead atoms. The summed E-state index contributed by atoms with van der Waals surface area (Å²) in [5, 5.41) is 3.52. The fourth-order valence-corrected chi connectivity index (χ4v) is 2.28. The van der Waals surface area contributed by atoms with Crippen molar-refractivity contribution in [2.45, 2.75) is 40.7 Å². The molecule has 2 heteroatoms. The van der Waals surface area contributed by atoms with Crippen LogP contribution in [0.15, 0.2) is 42.5 Å². The minimum Gasteiger partial charge on any atom is -0.494 e. The van der Waals surface area contributed by atoms with Crippen molar-refractivity contribution in [2.75, 3.05) is 11.9 Å². The summed E-state index contributed by atoms with van der Waals surface area (Å²) in [5.41, 5.74) is 4.99. The molecule has 0 radical (unpaired) electrons. The first-order chi connectivity index (χ1) is 10.5. The van der Waals surface area contributed by atoms with Gasteiger partial charge in [0.15, 0.2) is 0 Å². The van der Waals surface area contributed by atoms with Crippen molar-refractivity contribution in [1.82, 2.24) is 0 Å². The Hall–Kier alpha value is -1.96. The molecule has 0 atom stereocenters. The van der Waals surface area contributed by atoms with Gasteiger partial charge in [-0.25, -0.2) is 0 Å². The molecule has 0 spiro atoms. The molecule has 1 N–H and O–H groups in total. The smallest absolute Gasteiger partial charge is 0.119 e. The van der Waals surface area contributed by atoms with E-state index in [1.165, 1.54) is 22.4 Å². The standard InChI is InChI=1S/C20H27NO/c1-15(2)10-11-22-19-7-5-6-18(13-19)14-21-20-12-16(3)8-9-17(20)4/h5-9,12-13,15,21H,10-11,14H2,1-4H3. The fraction of sp³-hybridized carbons (Fsp3) is 0.400. The summed E-state index contributed by atoms with van der Waals surface area (Å²) in [6.45, 7) is 10.3. The summed E-state index contributed by atoms with van der Waals surface area (Å²) in [6.07, 6.45) is 1.09. The van der Waals surface area contributed by atoms with E-state index in [2.05, 4.69) is 69.4 Å². The predicted octanol–water partition coefficient (Wildman–Crippen LogP) is 5.34. The Morgan fingerprint density at radius 3 is 2.64 bits per heavy atom. The molecule has 0 amide bonds. The molecule has 2 rings (SSSR count). The second-order valence-corrected chi connectivity index (χ2v) is 6.35. The second-order valence-electron chi connectivity index (χ2n) is 6.35. The number of aryl methyl sites for hydroxylation is 2. The van der Waals surface area contributed by atoms with E-state index in [0.717, 1.165) is 25.3 Å². The highest BCUT2D eigenvalue weighted by molar-refractivity contribution is 5.52. The van der Waals surface area contributed by atoms with Crippen LogP contribution in [0.25, 0.3) is 0 Å². The van der Waals surface area contributed by atoms with E-state index in [1.807, 2.05) is 6.07 Å². The number of ether oxygens (including phenoxy) is 1. The lowest BCUT2D eigenvalue weighted by molar-refractivity contribution is 0.289. The van der Waals surface area contributed by atoms with Crippen molar-refractivity contribution in [3.05, 3.63) is 59.2 Å². The lowest BCUT2D eigenvalue weighted by Crippen LogP contribution is -2.03. The molecule has 2 aromatic rings. The van der Waals surface area contributed by atoms with Gasteiger partial charge in [-0.15, -0.1) is 0 Å². The van der Waals surface area contributed by atoms with Crippen LogP contribution in [0.5, 0.6) is 5.75 Å². The molecule has 118 valence electrons. The zero-order valence-electron chi connectivity index (χ0n) is 14.1. The van der Waals surface area contributed by atoms with Crippen molar-refractivity contribution in [2.24, 2.45) is 5.92 Å². The predicted molar refractivity (Wildman–Crippen MR) is 94.6 cm³/mol. The van der Waals surface area contributed by atoms with Crippen molar-refractivity contribution in [3.63, 3.8) is 0 Å². The van der Waals surface area contributed by atoms with Gasteiger partial charge in [0.2, 0.25) is 0 Å². The number of anilines is 1. The van der Waals surface area contributed by atoms with E-state index in [9.17, 15) is 0 Å². The van der Waals surface area contributed by atoms with Crippen LogP contribution < -0.4 is 10.1 Å². The number of rotatable bonds is 7. The van der Waals surface area contributed by atoms with E-state index in [-0.39, 0.29) is 0 Å². The maximum atomic E-state index is 5.82. The quantitative estimate of drug-likeness (QED) is 0.744. The average Bonchev–Trinajstić information content (AvgIpc) is 2.48. The Kier molecular flexibility index (Phi) is 5.88. The lowest BCUT2D eigenvalue weighted by Gasteiger charge is -2.12. The Morgan fingerprint density at radius 2 is 1.86 bits per heavy atom. The molecule has 2 nitrogen and oxygen atoms in total. The molecule has 0 unspecified atom stereocenters. The minimum atomic E-state index is 0.675. The van der Waals surface area contributed by atoms with Crippen LogP contribution >= 0.6 is 0 Å². The zero-order valence-corrected chi connectivity index (χ0v) is 14.1. The molecule has 0 saturated carbocycles. The molecule has 0 aliphatic carbocycles. The lowest BCUT2D eigenvalue weighted by atomic mass is 10.1. The molecule has 2 aromatic carbocycles. The third-order valence-electron chi connectivity index (χ3n) is 3.74. The number of benzene rings is 2. The van der Waals surface area contributed by atoms with Gasteiger partial charge in [0.25, 0.3) is 0 Å². The van der Waals surface area contributed by atoms with E-state index in [0.29, 0.717) is 5.92 Å². The molecule has 0 saturated heterocycles. The normalized spacial score (nSPS) is 10.8. The third kappa shape index (κ3) is 5.10. The number of hydrogen-bond acceptors (Lipinski definition) is 2. The summed E-state index contributed by atoms with van der Waals surface area (Å²) in [5.74, 6) is 1.63. The fourth-order valence-electron chi connectivity index (χ4n) is 2.28. The SMILES string of the molecule is Cc1ccc(C)c(NCc2cccc(OCCC(C)C)c2)c1. The van der Waals surface area contributed by atoms with Gasteiger partial charge in [-0.1, -0.05) is 38.1 Å². The molecule has 0 heterocycles. The first kappa shape index (κ1) is 16.4. The molecule has 0 aliphatic heterocycles. The van der Waals surface area contributed by atoms with Crippen LogP contribution in [0.3, 0.4) is 0 Å². The molecule has 0 aromatic heterocycles. The molecule has 0 fully saturated rings.